The number of likely N-dealkylation sites (tertiary alicyclic amines) is 2. The van der Waals surface area contributed by atoms with Crippen molar-refractivity contribution in [2.75, 3.05) is 26.2 Å². The maximum absolute atomic E-state index is 11.7. The van der Waals surface area contributed by atoms with Crippen LogP contribution in [0.4, 0.5) is 0 Å². The first kappa shape index (κ1) is 16.4. The Kier molecular flexibility index (Phi) is 6.18. The van der Waals surface area contributed by atoms with Crippen LogP contribution in [-0.2, 0) is 14.3 Å². The van der Waals surface area contributed by atoms with Crippen molar-refractivity contribution in [3.8, 4) is 0 Å². The molecular weight excluding hydrogens is 268 g/mol. The molecule has 2 rings (SSSR count). The summed E-state index contributed by atoms with van der Waals surface area (Å²) < 4.78 is 5.66. The van der Waals surface area contributed by atoms with Gasteiger partial charge in [-0.05, 0) is 39.7 Å². The topological polar surface area (TPSA) is 49.9 Å². The lowest BCUT2D eigenvalue weighted by atomic mass is 9.99. The van der Waals surface area contributed by atoms with E-state index < -0.39 is 0 Å². The van der Waals surface area contributed by atoms with Gasteiger partial charge in [0.15, 0.2) is 0 Å². The number of carbonyl (C=O) groups excluding carboxylic acids is 2. The summed E-state index contributed by atoms with van der Waals surface area (Å²) in [4.78, 5) is 27.2. The Morgan fingerprint density at radius 3 is 2.52 bits per heavy atom. The first-order chi connectivity index (χ1) is 10.1. The highest BCUT2D eigenvalue weighted by Gasteiger charge is 2.30. The molecule has 2 fully saturated rings. The average Bonchev–Trinajstić information content (AvgIpc) is 2.77. The van der Waals surface area contributed by atoms with E-state index in [1.807, 2.05) is 0 Å². The standard InChI is InChI=1S/C16H28N2O3/c1-13(2)21-12-8-14-5-3-4-9-17(14)10-11-18-15(19)6-7-16(18)20/h13-14H,3-12H2,1-2H3/t14-/m0/s1. The fourth-order valence-electron chi connectivity index (χ4n) is 3.22. The quantitative estimate of drug-likeness (QED) is 0.672. The van der Waals surface area contributed by atoms with Gasteiger partial charge < -0.3 is 4.74 Å². The SMILES string of the molecule is CC(C)OCC[C@@H]1CCCCN1CCN1C(=O)CCC1=O. The average molecular weight is 296 g/mol. The molecule has 2 heterocycles. The molecule has 0 radical (unpaired) electrons. The maximum atomic E-state index is 11.7. The van der Waals surface area contributed by atoms with E-state index in [9.17, 15) is 9.59 Å². The van der Waals surface area contributed by atoms with Gasteiger partial charge in [-0.3, -0.25) is 19.4 Å². The lowest BCUT2D eigenvalue weighted by molar-refractivity contribution is -0.138. The summed E-state index contributed by atoms with van der Waals surface area (Å²) in [6, 6.07) is 0.533. The monoisotopic (exact) mass is 296 g/mol. The summed E-state index contributed by atoms with van der Waals surface area (Å²) in [6.45, 7) is 7.35. The largest absolute Gasteiger partial charge is 0.379 e. The number of hydrogen-bond acceptors (Lipinski definition) is 4. The highest BCUT2D eigenvalue weighted by Crippen LogP contribution is 2.20. The molecule has 21 heavy (non-hydrogen) atoms. The van der Waals surface area contributed by atoms with Crippen molar-refractivity contribution in [3.05, 3.63) is 0 Å². The van der Waals surface area contributed by atoms with Gasteiger partial charge in [0.25, 0.3) is 0 Å². The van der Waals surface area contributed by atoms with Crippen molar-refractivity contribution in [2.45, 2.75) is 64.5 Å². The van der Waals surface area contributed by atoms with Gasteiger partial charge in [0.2, 0.25) is 11.8 Å². The first-order valence-corrected chi connectivity index (χ1v) is 8.27. The van der Waals surface area contributed by atoms with Crippen molar-refractivity contribution in [2.24, 2.45) is 0 Å². The van der Waals surface area contributed by atoms with Gasteiger partial charge in [-0.2, -0.15) is 0 Å². The van der Waals surface area contributed by atoms with E-state index in [1.165, 1.54) is 24.2 Å². The molecule has 0 aliphatic carbocycles. The molecule has 2 saturated heterocycles. The van der Waals surface area contributed by atoms with Gasteiger partial charge in [0.1, 0.15) is 0 Å². The van der Waals surface area contributed by atoms with Crippen LogP contribution in [0.25, 0.3) is 0 Å². The van der Waals surface area contributed by atoms with Gasteiger partial charge in [-0.1, -0.05) is 6.42 Å². The molecule has 0 aromatic heterocycles. The number of imide groups is 1. The Morgan fingerprint density at radius 1 is 1.14 bits per heavy atom. The van der Waals surface area contributed by atoms with Gasteiger partial charge >= 0.3 is 0 Å². The smallest absolute Gasteiger partial charge is 0.229 e. The number of rotatable bonds is 7. The summed E-state index contributed by atoms with van der Waals surface area (Å²) in [5.74, 6) is -0.00611. The van der Waals surface area contributed by atoms with Gasteiger partial charge in [-0.25, -0.2) is 0 Å². The fraction of sp³-hybridized carbons (Fsp3) is 0.875. The Balaban J connectivity index is 1.78. The van der Waals surface area contributed by atoms with Gasteiger partial charge in [0, 0.05) is 38.6 Å². The van der Waals surface area contributed by atoms with Crippen LogP contribution in [0, 0.1) is 0 Å². The summed E-state index contributed by atoms with van der Waals surface area (Å²) in [6.07, 6.45) is 5.79. The third-order valence-corrected chi connectivity index (χ3v) is 4.42. The highest BCUT2D eigenvalue weighted by molar-refractivity contribution is 6.01. The van der Waals surface area contributed by atoms with Crippen LogP contribution in [0.3, 0.4) is 0 Å². The molecule has 2 amide bonds. The van der Waals surface area contributed by atoms with Crippen LogP contribution in [0.5, 0.6) is 0 Å². The fourth-order valence-corrected chi connectivity index (χ4v) is 3.22. The summed E-state index contributed by atoms with van der Waals surface area (Å²) >= 11 is 0. The third kappa shape index (κ3) is 4.78. The molecule has 0 bridgehead atoms. The Labute approximate surface area is 127 Å². The molecule has 5 heteroatoms. The molecule has 0 saturated carbocycles. The second-order valence-corrected chi connectivity index (χ2v) is 6.33. The minimum Gasteiger partial charge on any atom is -0.379 e. The van der Waals surface area contributed by atoms with E-state index in [0.29, 0.717) is 25.4 Å². The number of carbonyl (C=O) groups is 2. The summed E-state index contributed by atoms with van der Waals surface area (Å²) in [5.41, 5.74) is 0. The van der Waals surface area contributed by atoms with Crippen molar-refractivity contribution in [1.82, 2.24) is 9.80 Å². The van der Waals surface area contributed by atoms with E-state index in [-0.39, 0.29) is 17.9 Å². The molecule has 1 atom stereocenters. The number of ether oxygens (including phenoxy) is 1. The summed E-state index contributed by atoms with van der Waals surface area (Å²) in [7, 11) is 0. The van der Waals surface area contributed by atoms with Crippen molar-refractivity contribution < 1.29 is 14.3 Å². The van der Waals surface area contributed by atoms with Crippen LogP contribution in [0.2, 0.25) is 0 Å². The van der Waals surface area contributed by atoms with Crippen LogP contribution >= 0.6 is 0 Å². The lowest BCUT2D eigenvalue weighted by Gasteiger charge is -2.36. The molecule has 0 aromatic carbocycles. The summed E-state index contributed by atoms with van der Waals surface area (Å²) in [5, 5.41) is 0. The molecular formula is C16H28N2O3. The molecule has 0 N–H and O–H groups in total. The van der Waals surface area contributed by atoms with Crippen LogP contribution < -0.4 is 0 Å². The molecule has 5 nitrogen and oxygen atoms in total. The van der Waals surface area contributed by atoms with Crippen LogP contribution in [0.15, 0.2) is 0 Å². The van der Waals surface area contributed by atoms with E-state index in [2.05, 4.69) is 18.7 Å². The van der Waals surface area contributed by atoms with Gasteiger partial charge in [0.05, 0.1) is 6.10 Å². The second kappa shape index (κ2) is 7.90. The zero-order chi connectivity index (χ0) is 15.2. The number of nitrogens with zero attached hydrogens (tertiary/aromatic N) is 2. The van der Waals surface area contributed by atoms with Crippen molar-refractivity contribution >= 4 is 11.8 Å². The Bertz CT molecular complexity index is 355. The highest BCUT2D eigenvalue weighted by atomic mass is 16.5. The third-order valence-electron chi connectivity index (χ3n) is 4.42. The van der Waals surface area contributed by atoms with E-state index in [0.717, 1.165) is 26.1 Å². The second-order valence-electron chi connectivity index (χ2n) is 6.33. The van der Waals surface area contributed by atoms with E-state index >= 15 is 0 Å². The van der Waals surface area contributed by atoms with E-state index in [1.54, 1.807) is 0 Å². The number of hydrogen-bond donors (Lipinski definition) is 0. The molecule has 2 aliphatic heterocycles. The number of piperidine rings is 1. The predicted octanol–water partition coefficient (Wildman–Crippen LogP) is 1.80. The molecule has 0 spiro atoms. The minimum absolute atomic E-state index is 0.00306. The molecule has 0 aromatic rings. The maximum Gasteiger partial charge on any atom is 0.229 e. The molecule has 120 valence electrons. The zero-order valence-corrected chi connectivity index (χ0v) is 13.3. The lowest BCUT2D eigenvalue weighted by Crippen LogP contribution is -2.45. The van der Waals surface area contributed by atoms with Crippen molar-refractivity contribution in [1.29, 1.82) is 0 Å². The normalized spacial score (nSPS) is 24.3. The number of amides is 2. The van der Waals surface area contributed by atoms with Crippen molar-refractivity contribution in [3.63, 3.8) is 0 Å². The minimum atomic E-state index is -0.00306. The van der Waals surface area contributed by atoms with Crippen LogP contribution in [0.1, 0.15) is 52.4 Å². The first-order valence-electron chi connectivity index (χ1n) is 8.27. The predicted molar refractivity (Wildman–Crippen MR) is 80.9 cm³/mol. The Hall–Kier alpha value is -0.940. The zero-order valence-electron chi connectivity index (χ0n) is 13.3. The van der Waals surface area contributed by atoms with Crippen LogP contribution in [-0.4, -0.2) is 60.0 Å². The molecule has 0 unspecified atom stereocenters. The molecule has 2 aliphatic rings. The Morgan fingerprint density at radius 2 is 1.86 bits per heavy atom. The van der Waals surface area contributed by atoms with E-state index in [4.69, 9.17) is 4.74 Å². The van der Waals surface area contributed by atoms with Gasteiger partial charge in [-0.15, -0.1) is 0 Å².